The van der Waals surface area contributed by atoms with Crippen LogP contribution in [0, 0.1) is 12.7 Å². The van der Waals surface area contributed by atoms with Crippen molar-refractivity contribution in [3.8, 4) is 0 Å². The molecule has 0 aliphatic heterocycles. The Labute approximate surface area is 103 Å². The van der Waals surface area contributed by atoms with Gasteiger partial charge in [0.05, 0.1) is 5.69 Å². The van der Waals surface area contributed by atoms with Crippen LogP contribution in [0.3, 0.4) is 0 Å². The Balaban J connectivity index is 3.29. The molecule has 0 fully saturated rings. The first-order valence-corrected chi connectivity index (χ1v) is 5.63. The lowest BCUT2D eigenvalue weighted by Gasteiger charge is -2.11. The van der Waals surface area contributed by atoms with E-state index in [9.17, 15) is 4.39 Å². The zero-order valence-corrected chi connectivity index (χ0v) is 11.2. The lowest BCUT2D eigenvalue weighted by Crippen LogP contribution is -2.20. The number of nitrogens with two attached hydrogens (primary N) is 1. The predicted molar refractivity (Wildman–Crippen MR) is 66.9 cm³/mol. The molecule has 14 heavy (non-hydrogen) atoms. The highest BCUT2D eigenvalue weighted by molar-refractivity contribution is 9.11. The smallest absolute Gasteiger partial charge is 0.168 e. The average Bonchev–Trinajstić information content (AvgIpc) is 2.09. The van der Waals surface area contributed by atoms with Gasteiger partial charge >= 0.3 is 0 Å². The first kappa shape index (κ1) is 11.9. The van der Waals surface area contributed by atoms with Crippen molar-refractivity contribution in [2.45, 2.75) is 6.92 Å². The highest BCUT2D eigenvalue weighted by Crippen LogP contribution is 2.32. The Morgan fingerprint density at radius 3 is 2.57 bits per heavy atom. The summed E-state index contributed by atoms with van der Waals surface area (Å²) in [6.07, 6.45) is 0. The van der Waals surface area contributed by atoms with Crippen LogP contribution in [0.25, 0.3) is 0 Å². The van der Waals surface area contributed by atoms with Crippen molar-refractivity contribution < 1.29 is 4.39 Å². The second kappa shape index (κ2) is 4.55. The Hall–Kier alpha value is -0.200. The fraction of sp³-hybridized carbons (Fsp3) is 0.125. The Morgan fingerprint density at radius 1 is 1.50 bits per heavy atom. The molecule has 0 aliphatic carbocycles. The Bertz CT molecular complexity index is 395. The topological polar surface area (TPSA) is 38.0 Å². The Kier molecular flexibility index (Phi) is 3.86. The molecule has 1 aromatic carbocycles. The summed E-state index contributed by atoms with van der Waals surface area (Å²) in [5.74, 6) is -0.376. The molecule has 0 aliphatic rings. The van der Waals surface area contributed by atoms with Crippen LogP contribution in [0.4, 0.5) is 10.1 Å². The number of anilines is 1. The number of thiocarbonyl (C=S) groups is 1. The molecule has 0 saturated carbocycles. The third-order valence-corrected chi connectivity index (χ3v) is 3.20. The minimum absolute atomic E-state index is 0.0336. The van der Waals surface area contributed by atoms with E-state index in [-0.39, 0.29) is 16.6 Å². The van der Waals surface area contributed by atoms with Crippen LogP contribution >= 0.6 is 44.1 Å². The van der Waals surface area contributed by atoms with Gasteiger partial charge in [-0.15, -0.1) is 0 Å². The van der Waals surface area contributed by atoms with Gasteiger partial charge in [0.2, 0.25) is 0 Å². The molecule has 0 spiro atoms. The van der Waals surface area contributed by atoms with Crippen molar-refractivity contribution in [3.63, 3.8) is 0 Å². The monoisotopic (exact) mass is 340 g/mol. The van der Waals surface area contributed by atoms with Gasteiger partial charge in [-0.25, -0.2) is 4.39 Å². The van der Waals surface area contributed by atoms with Gasteiger partial charge in [-0.2, -0.15) is 0 Å². The maximum Gasteiger partial charge on any atom is 0.168 e. The number of hydrogen-bond acceptors (Lipinski definition) is 1. The zero-order chi connectivity index (χ0) is 10.9. The standard InChI is InChI=1S/C8H7Br2FN2S/c1-3-4(9)2-5(10)7(6(3)11)13-8(12)14/h2H,1H3,(H3,12,13,14). The average molecular weight is 342 g/mol. The van der Waals surface area contributed by atoms with Gasteiger partial charge in [0, 0.05) is 14.5 Å². The summed E-state index contributed by atoms with van der Waals surface area (Å²) >= 11 is 11.1. The van der Waals surface area contributed by atoms with Gasteiger partial charge < -0.3 is 11.1 Å². The van der Waals surface area contributed by atoms with E-state index in [0.29, 0.717) is 14.5 Å². The van der Waals surface area contributed by atoms with Crippen LogP contribution < -0.4 is 11.1 Å². The molecule has 3 N–H and O–H groups in total. The number of hydrogen-bond donors (Lipinski definition) is 2. The van der Waals surface area contributed by atoms with Gasteiger partial charge in [-0.05, 0) is 41.1 Å². The van der Waals surface area contributed by atoms with Crippen molar-refractivity contribution in [2.75, 3.05) is 5.32 Å². The van der Waals surface area contributed by atoms with Gasteiger partial charge in [0.25, 0.3) is 0 Å². The van der Waals surface area contributed by atoms with E-state index in [2.05, 4.69) is 49.4 Å². The van der Waals surface area contributed by atoms with Crippen molar-refractivity contribution in [1.82, 2.24) is 0 Å². The molecule has 0 saturated heterocycles. The summed E-state index contributed by atoms with van der Waals surface area (Å²) in [7, 11) is 0. The molecular weight excluding hydrogens is 335 g/mol. The minimum Gasteiger partial charge on any atom is -0.376 e. The Morgan fingerprint density at radius 2 is 2.07 bits per heavy atom. The first-order chi connectivity index (χ1) is 6.43. The second-order valence-electron chi connectivity index (χ2n) is 2.64. The van der Waals surface area contributed by atoms with Crippen molar-refractivity contribution in [3.05, 3.63) is 26.4 Å². The molecule has 0 aromatic heterocycles. The highest BCUT2D eigenvalue weighted by Gasteiger charge is 2.13. The molecule has 2 nitrogen and oxygen atoms in total. The fourth-order valence-electron chi connectivity index (χ4n) is 0.927. The first-order valence-electron chi connectivity index (χ1n) is 3.64. The number of halogens is 3. The van der Waals surface area contributed by atoms with E-state index in [4.69, 9.17) is 5.73 Å². The van der Waals surface area contributed by atoms with Gasteiger partial charge in [0.15, 0.2) is 10.9 Å². The molecule has 0 heterocycles. The van der Waals surface area contributed by atoms with Crippen LogP contribution in [0.2, 0.25) is 0 Å². The van der Waals surface area contributed by atoms with Crippen molar-refractivity contribution in [2.24, 2.45) is 5.73 Å². The summed E-state index contributed by atoms with van der Waals surface area (Å²) in [5.41, 5.74) is 6.04. The molecule has 0 amide bonds. The molecule has 6 heteroatoms. The zero-order valence-electron chi connectivity index (χ0n) is 7.20. The second-order valence-corrected chi connectivity index (χ2v) is 4.79. The molecular formula is C8H7Br2FN2S. The molecule has 0 atom stereocenters. The van der Waals surface area contributed by atoms with E-state index >= 15 is 0 Å². The highest BCUT2D eigenvalue weighted by atomic mass is 79.9. The van der Waals surface area contributed by atoms with Crippen molar-refractivity contribution >= 4 is 54.9 Å². The number of benzene rings is 1. The van der Waals surface area contributed by atoms with Gasteiger partial charge in [-0.3, -0.25) is 0 Å². The van der Waals surface area contributed by atoms with Gasteiger partial charge in [0.1, 0.15) is 0 Å². The van der Waals surface area contributed by atoms with E-state index in [1.807, 2.05) is 0 Å². The fourth-order valence-corrected chi connectivity index (χ4v) is 2.24. The van der Waals surface area contributed by atoms with Crippen LogP contribution in [-0.2, 0) is 0 Å². The van der Waals surface area contributed by atoms with Crippen LogP contribution in [0.1, 0.15) is 5.56 Å². The summed E-state index contributed by atoms with van der Waals surface area (Å²) < 4.78 is 14.9. The molecule has 1 rings (SSSR count). The molecule has 0 unspecified atom stereocenters. The summed E-state index contributed by atoms with van der Waals surface area (Å²) in [5, 5.41) is 2.61. The largest absolute Gasteiger partial charge is 0.376 e. The van der Waals surface area contributed by atoms with Crippen molar-refractivity contribution in [1.29, 1.82) is 0 Å². The molecule has 76 valence electrons. The molecule has 1 aromatic rings. The quantitative estimate of drug-likeness (QED) is 0.769. The summed E-state index contributed by atoms with van der Waals surface area (Å²) in [4.78, 5) is 0. The van der Waals surface area contributed by atoms with Crippen LogP contribution in [0.5, 0.6) is 0 Å². The minimum atomic E-state index is -0.376. The van der Waals surface area contributed by atoms with E-state index in [1.165, 1.54) is 0 Å². The lowest BCUT2D eigenvalue weighted by molar-refractivity contribution is 0.621. The van der Waals surface area contributed by atoms with E-state index in [0.717, 1.165) is 0 Å². The third-order valence-electron chi connectivity index (χ3n) is 1.65. The third kappa shape index (κ3) is 2.43. The van der Waals surface area contributed by atoms with Crippen LogP contribution in [0.15, 0.2) is 15.0 Å². The van der Waals surface area contributed by atoms with Gasteiger partial charge in [-0.1, -0.05) is 15.9 Å². The predicted octanol–water partition coefficient (Wildman–Crippen LogP) is 3.31. The number of nitrogens with one attached hydrogen (secondary N) is 1. The van der Waals surface area contributed by atoms with E-state index < -0.39 is 0 Å². The van der Waals surface area contributed by atoms with Crippen LogP contribution in [-0.4, -0.2) is 5.11 Å². The maximum absolute atomic E-state index is 13.6. The normalized spacial score (nSPS) is 10.0. The molecule has 0 radical (unpaired) electrons. The SMILES string of the molecule is Cc1c(Br)cc(Br)c(NC(N)=S)c1F. The summed E-state index contributed by atoms with van der Waals surface area (Å²) in [6.45, 7) is 1.66. The van der Waals surface area contributed by atoms with E-state index in [1.54, 1.807) is 13.0 Å². The maximum atomic E-state index is 13.6. The summed E-state index contributed by atoms with van der Waals surface area (Å²) in [6, 6.07) is 1.74. The number of rotatable bonds is 1. The molecule has 0 bridgehead atoms. The lowest BCUT2D eigenvalue weighted by atomic mass is 10.2.